The van der Waals surface area contributed by atoms with E-state index in [-0.39, 0.29) is 0 Å². The lowest BCUT2D eigenvalue weighted by atomic mass is 9.53. The Morgan fingerprint density at radius 2 is 1.48 bits per heavy atom. The molecule has 0 aromatic heterocycles. The molecule has 52 heavy (non-hydrogen) atoms. The highest BCUT2D eigenvalue weighted by Crippen LogP contribution is 2.57. The maximum absolute atomic E-state index is 4.01. The molecular weight excluding hydrogens is 625 g/mol. The van der Waals surface area contributed by atoms with Crippen LogP contribution in [0.1, 0.15) is 181 Å². The summed E-state index contributed by atoms with van der Waals surface area (Å²) in [7, 11) is 0. The van der Waals surface area contributed by atoms with E-state index in [4.69, 9.17) is 0 Å². The Bertz CT molecular complexity index is 1240. The predicted octanol–water partition coefficient (Wildman–Crippen LogP) is 15.7. The van der Waals surface area contributed by atoms with Crippen molar-refractivity contribution in [1.82, 2.24) is 0 Å². The van der Waals surface area contributed by atoms with E-state index in [9.17, 15) is 0 Å². The van der Waals surface area contributed by atoms with Crippen molar-refractivity contribution in [1.29, 1.82) is 0 Å². The summed E-state index contributed by atoms with van der Waals surface area (Å²) in [6.07, 6.45) is 54.1. The van der Waals surface area contributed by atoms with Crippen molar-refractivity contribution < 1.29 is 0 Å². The third kappa shape index (κ3) is 9.55. The maximum Gasteiger partial charge on any atom is -0.0169 e. The molecule has 4 fully saturated rings. The molecule has 0 radical (unpaired) electrons. The third-order valence-electron chi connectivity index (χ3n) is 17.3. The number of allylic oxidation sites excluding steroid dienone is 9. The van der Waals surface area contributed by atoms with Crippen molar-refractivity contribution >= 4 is 0 Å². The lowest BCUT2D eigenvalue weighted by molar-refractivity contribution is -0.0132. The third-order valence-corrected chi connectivity index (χ3v) is 17.3. The fraction of sp³-hybridized carbons (Fsp3) is 0.808. The molecule has 0 heterocycles. The smallest absolute Gasteiger partial charge is 0.0169 e. The minimum Gasteiger partial charge on any atom is -0.103 e. The van der Waals surface area contributed by atoms with Crippen LogP contribution in [0.15, 0.2) is 60.3 Å². The van der Waals surface area contributed by atoms with Gasteiger partial charge in [-0.05, 0) is 218 Å². The van der Waals surface area contributed by atoms with Crippen molar-refractivity contribution in [3.05, 3.63) is 60.3 Å². The zero-order chi connectivity index (χ0) is 35.9. The first-order valence-electron chi connectivity index (χ1n) is 23.8. The topological polar surface area (TPSA) is 0 Å². The summed E-state index contributed by atoms with van der Waals surface area (Å²) >= 11 is 0. The van der Waals surface area contributed by atoms with Crippen LogP contribution in [0, 0.1) is 82.9 Å². The van der Waals surface area contributed by atoms with E-state index in [0.29, 0.717) is 0 Å². The first kappa shape index (κ1) is 39.0. The summed E-state index contributed by atoms with van der Waals surface area (Å²) < 4.78 is 0. The van der Waals surface area contributed by atoms with Gasteiger partial charge in [-0.2, -0.15) is 0 Å². The van der Waals surface area contributed by atoms with Gasteiger partial charge in [0.15, 0.2) is 0 Å². The molecule has 0 amide bonds. The fourth-order valence-corrected chi connectivity index (χ4v) is 14.9. The predicted molar refractivity (Wildman–Crippen MR) is 226 cm³/mol. The monoisotopic (exact) mass is 707 g/mol. The van der Waals surface area contributed by atoms with Crippen molar-refractivity contribution in [2.75, 3.05) is 0 Å². The minimum absolute atomic E-state index is 0.813. The molecule has 2 bridgehead atoms. The molecule has 7 aliphatic rings. The zero-order valence-corrected chi connectivity index (χ0v) is 34.5. The van der Waals surface area contributed by atoms with Gasteiger partial charge in [-0.3, -0.25) is 0 Å². The lowest BCUT2D eigenvalue weighted by Gasteiger charge is -2.52. The molecule has 0 aromatic rings. The molecule has 7 rings (SSSR count). The van der Waals surface area contributed by atoms with Gasteiger partial charge in [0.2, 0.25) is 0 Å². The Hall–Kier alpha value is -1.30. The number of rotatable bonds is 9. The van der Waals surface area contributed by atoms with E-state index in [1.54, 1.807) is 44.1 Å². The van der Waals surface area contributed by atoms with Crippen molar-refractivity contribution in [2.45, 2.75) is 181 Å². The molecule has 13 atom stereocenters. The van der Waals surface area contributed by atoms with Gasteiger partial charge in [-0.1, -0.05) is 99.6 Å². The Morgan fingerprint density at radius 3 is 2.25 bits per heavy atom. The van der Waals surface area contributed by atoms with Crippen LogP contribution in [-0.4, -0.2) is 0 Å². The van der Waals surface area contributed by atoms with Gasteiger partial charge in [0.25, 0.3) is 0 Å². The van der Waals surface area contributed by atoms with E-state index < -0.39 is 0 Å². The highest BCUT2D eigenvalue weighted by atomic mass is 14.5. The summed E-state index contributed by atoms with van der Waals surface area (Å²) in [4.78, 5) is 0. The molecule has 7 aliphatic carbocycles. The van der Waals surface area contributed by atoms with E-state index >= 15 is 0 Å². The molecule has 0 aromatic carbocycles. The van der Waals surface area contributed by atoms with Crippen LogP contribution in [0.25, 0.3) is 0 Å². The molecular formula is C52H82. The van der Waals surface area contributed by atoms with Gasteiger partial charge < -0.3 is 0 Å². The molecule has 13 unspecified atom stereocenters. The quantitative estimate of drug-likeness (QED) is 0.165. The van der Waals surface area contributed by atoms with Gasteiger partial charge >= 0.3 is 0 Å². The summed E-state index contributed by atoms with van der Waals surface area (Å²) in [5.41, 5.74) is 3.55. The van der Waals surface area contributed by atoms with Gasteiger partial charge in [0.05, 0.1) is 0 Å². The first-order chi connectivity index (χ1) is 25.5. The maximum atomic E-state index is 4.01. The number of unbranched alkanes of at least 4 members (excludes halogenated alkanes) is 1. The van der Waals surface area contributed by atoms with Crippen LogP contribution < -0.4 is 0 Å². The molecule has 290 valence electrons. The van der Waals surface area contributed by atoms with Gasteiger partial charge in [0.1, 0.15) is 0 Å². The van der Waals surface area contributed by atoms with Crippen LogP contribution >= 0.6 is 0 Å². The zero-order valence-electron chi connectivity index (χ0n) is 34.5. The Morgan fingerprint density at radius 1 is 0.673 bits per heavy atom. The lowest BCUT2D eigenvalue weighted by Crippen LogP contribution is -2.44. The number of hydrogen-bond acceptors (Lipinski definition) is 0. The summed E-state index contributed by atoms with van der Waals surface area (Å²) in [5, 5.41) is 0. The molecule has 0 nitrogen and oxygen atoms in total. The van der Waals surface area contributed by atoms with Crippen LogP contribution in [0.4, 0.5) is 0 Å². The average molecular weight is 707 g/mol. The van der Waals surface area contributed by atoms with E-state index in [1.165, 1.54) is 116 Å². The molecule has 0 spiro atoms. The molecule has 0 aliphatic heterocycles. The normalized spacial score (nSPS) is 42.5. The molecule has 0 heteroatoms. The molecule has 0 N–H and O–H groups in total. The highest BCUT2D eigenvalue weighted by Gasteiger charge is 2.48. The average Bonchev–Trinajstić information content (AvgIpc) is 3.23. The Balaban J connectivity index is 1.20. The highest BCUT2D eigenvalue weighted by molar-refractivity contribution is 5.13. The standard InChI is InChI=1S/C52H82/c1-5-6-10-19-37(2)30-40-31-38(3)52-39(4)44(33-45(32-40)41-20-11-7-12-21-41)28-29-49(50-26-17-18-27-51(50)52)48-35-46(42-22-13-8-14-23-42)34-47(36-48)43-24-15-9-16-25-43/h5,8,13,18-20,27,38-40,42-52H,1,6-7,9-12,14-17,21-26,28-36H2,2-4H3. The summed E-state index contributed by atoms with van der Waals surface area (Å²) in [6, 6.07) is 0. The van der Waals surface area contributed by atoms with E-state index in [2.05, 4.69) is 69.9 Å². The van der Waals surface area contributed by atoms with Crippen LogP contribution in [0.2, 0.25) is 0 Å². The second-order valence-electron chi connectivity index (χ2n) is 20.5. The Labute approximate surface area is 323 Å². The van der Waals surface area contributed by atoms with E-state index in [0.717, 1.165) is 89.3 Å². The minimum atomic E-state index is 0.813. The van der Waals surface area contributed by atoms with Crippen LogP contribution in [0.5, 0.6) is 0 Å². The summed E-state index contributed by atoms with van der Waals surface area (Å²) in [6.45, 7) is 12.0. The summed E-state index contributed by atoms with van der Waals surface area (Å²) in [5.74, 6) is 12.8. The van der Waals surface area contributed by atoms with Crippen molar-refractivity contribution in [2.24, 2.45) is 82.9 Å². The van der Waals surface area contributed by atoms with Crippen molar-refractivity contribution in [3.63, 3.8) is 0 Å². The fourth-order valence-electron chi connectivity index (χ4n) is 14.9. The number of hydrogen-bond donors (Lipinski definition) is 0. The SMILES string of the molecule is C=CCCC=C(C)CC1CC(C2=CCCCC2)CC2CCC(C3CC(C4CC=CCC4)CC(C4CCCCC4)C3)C3CCC=CC3C(C(C)C1)C2C. The molecule has 4 saturated carbocycles. The first-order valence-corrected chi connectivity index (χ1v) is 23.8. The Kier molecular flexibility index (Phi) is 14.3. The van der Waals surface area contributed by atoms with Gasteiger partial charge in [-0.25, -0.2) is 0 Å². The second-order valence-corrected chi connectivity index (χ2v) is 20.5. The molecule has 0 saturated heterocycles. The second kappa shape index (κ2) is 19.0. The van der Waals surface area contributed by atoms with Gasteiger partial charge in [-0.15, -0.1) is 6.58 Å². The largest absolute Gasteiger partial charge is 0.103 e. The van der Waals surface area contributed by atoms with Crippen LogP contribution in [-0.2, 0) is 0 Å². The van der Waals surface area contributed by atoms with E-state index in [1.807, 2.05) is 5.57 Å². The van der Waals surface area contributed by atoms with Gasteiger partial charge in [0, 0.05) is 0 Å². The van der Waals surface area contributed by atoms with Crippen LogP contribution in [0.3, 0.4) is 0 Å². The number of fused-ring (bicyclic) bond motifs is 4. The van der Waals surface area contributed by atoms with Crippen molar-refractivity contribution in [3.8, 4) is 0 Å².